The van der Waals surface area contributed by atoms with Crippen LogP contribution < -0.4 is 0 Å². The largest absolute Gasteiger partial charge is 0.503 e. The molecular weight excluding hydrogens is 300 g/mol. The number of ether oxygens (including phenoxy) is 2. The van der Waals surface area contributed by atoms with E-state index in [0.717, 1.165) is 27.5 Å². The van der Waals surface area contributed by atoms with Crippen LogP contribution in [0.4, 0.5) is 0 Å². The fourth-order valence-electron chi connectivity index (χ4n) is 2.77. The lowest BCUT2D eigenvalue weighted by Gasteiger charge is -2.11. The molecule has 0 radical (unpaired) electrons. The van der Waals surface area contributed by atoms with E-state index in [-0.39, 0.29) is 0 Å². The van der Waals surface area contributed by atoms with Gasteiger partial charge in [0.15, 0.2) is 0 Å². The maximum atomic E-state index is 12.1. The number of carbonyl (C=O) groups excluding carboxylic acids is 1. The number of rotatable bonds is 4. The zero-order valence-electron chi connectivity index (χ0n) is 13.7. The molecule has 0 amide bonds. The Morgan fingerprint density at radius 2 is 1.67 bits per heavy atom. The molecular formula is C21H18O3. The maximum Gasteiger partial charge on any atom is 0.341 e. The lowest BCUT2D eigenvalue weighted by Crippen LogP contribution is -2.05. The van der Waals surface area contributed by atoms with E-state index in [1.54, 1.807) is 0 Å². The number of hydrogen-bond acceptors (Lipinski definition) is 3. The van der Waals surface area contributed by atoms with Crippen LogP contribution in [-0.2, 0) is 14.3 Å². The van der Waals surface area contributed by atoms with Crippen molar-refractivity contribution >= 4 is 22.3 Å². The first kappa shape index (κ1) is 15.8. The van der Waals surface area contributed by atoms with Gasteiger partial charge in [0.2, 0.25) is 0 Å². The minimum atomic E-state index is -0.422. The van der Waals surface area contributed by atoms with Crippen LogP contribution in [0.25, 0.3) is 27.5 Å². The molecule has 0 fully saturated rings. The van der Waals surface area contributed by atoms with Crippen LogP contribution in [0.5, 0.6) is 0 Å². The Kier molecular flexibility index (Phi) is 4.62. The first-order valence-electron chi connectivity index (χ1n) is 7.64. The fourth-order valence-corrected chi connectivity index (χ4v) is 2.77. The van der Waals surface area contributed by atoms with Crippen LogP contribution in [0, 0.1) is 0 Å². The van der Waals surface area contributed by atoms with E-state index in [1.807, 2.05) is 36.4 Å². The highest BCUT2D eigenvalue weighted by atomic mass is 16.5. The summed E-state index contributed by atoms with van der Waals surface area (Å²) in [6, 6.07) is 22.2. The third-order valence-electron chi connectivity index (χ3n) is 3.92. The highest BCUT2D eigenvalue weighted by Gasteiger charge is 2.16. The Labute approximate surface area is 141 Å². The molecule has 3 aromatic rings. The third kappa shape index (κ3) is 3.01. The van der Waals surface area contributed by atoms with Crippen molar-refractivity contribution in [1.29, 1.82) is 0 Å². The molecule has 0 aliphatic heterocycles. The van der Waals surface area contributed by atoms with Crippen LogP contribution in [0.1, 0.15) is 5.56 Å². The molecule has 0 N–H and O–H groups in total. The molecule has 0 bridgehead atoms. The van der Waals surface area contributed by atoms with Crippen LogP contribution in [0.2, 0.25) is 0 Å². The molecule has 0 spiro atoms. The van der Waals surface area contributed by atoms with Crippen molar-refractivity contribution in [3.05, 3.63) is 78.6 Å². The highest BCUT2D eigenvalue weighted by molar-refractivity contribution is 6.20. The van der Waals surface area contributed by atoms with Gasteiger partial charge in [-0.15, -0.1) is 0 Å². The Balaban J connectivity index is 2.21. The monoisotopic (exact) mass is 318 g/mol. The van der Waals surface area contributed by atoms with Gasteiger partial charge in [-0.25, -0.2) is 4.79 Å². The van der Waals surface area contributed by atoms with Gasteiger partial charge in [-0.3, -0.25) is 0 Å². The summed E-state index contributed by atoms with van der Waals surface area (Å²) in [5.41, 5.74) is 3.41. The van der Waals surface area contributed by atoms with E-state index in [1.165, 1.54) is 20.5 Å². The summed E-state index contributed by atoms with van der Waals surface area (Å²) in [5.74, 6) is -0.422. The quantitative estimate of drug-likeness (QED) is 0.398. The first-order valence-corrected chi connectivity index (χ1v) is 7.64. The standard InChI is InChI=1S/C21H18O3/c1-23-14-20(21(22)24-2)18-10-6-9-16-11-12-17(13-19(16)18)15-7-4-3-5-8-15/h3-14H,1-2H3. The molecule has 3 heteroatoms. The van der Waals surface area contributed by atoms with Gasteiger partial charge in [0.25, 0.3) is 0 Å². The topological polar surface area (TPSA) is 35.5 Å². The molecule has 3 rings (SSSR count). The van der Waals surface area contributed by atoms with E-state index >= 15 is 0 Å². The summed E-state index contributed by atoms with van der Waals surface area (Å²) in [5, 5.41) is 2.03. The number of esters is 1. The summed E-state index contributed by atoms with van der Waals surface area (Å²) in [6.07, 6.45) is 1.43. The molecule has 24 heavy (non-hydrogen) atoms. The van der Waals surface area contributed by atoms with Gasteiger partial charge < -0.3 is 9.47 Å². The summed E-state index contributed by atoms with van der Waals surface area (Å²) in [6.45, 7) is 0. The summed E-state index contributed by atoms with van der Waals surface area (Å²) < 4.78 is 9.98. The average Bonchev–Trinajstić information content (AvgIpc) is 2.65. The second kappa shape index (κ2) is 7.01. The van der Waals surface area contributed by atoms with Gasteiger partial charge in [0.05, 0.1) is 20.5 Å². The van der Waals surface area contributed by atoms with Crippen molar-refractivity contribution in [2.24, 2.45) is 0 Å². The van der Waals surface area contributed by atoms with E-state index in [4.69, 9.17) is 9.47 Å². The minimum Gasteiger partial charge on any atom is -0.503 e. The number of carbonyl (C=O) groups is 1. The molecule has 120 valence electrons. The molecule has 3 nitrogen and oxygen atoms in total. The fraction of sp³-hybridized carbons (Fsp3) is 0.0952. The Hall–Kier alpha value is -3.07. The van der Waals surface area contributed by atoms with Gasteiger partial charge in [-0.2, -0.15) is 0 Å². The number of methoxy groups -OCH3 is 2. The maximum absolute atomic E-state index is 12.1. The Morgan fingerprint density at radius 1 is 0.875 bits per heavy atom. The molecule has 0 atom stereocenters. The van der Waals surface area contributed by atoms with Crippen molar-refractivity contribution < 1.29 is 14.3 Å². The molecule has 0 aliphatic carbocycles. The van der Waals surface area contributed by atoms with Gasteiger partial charge in [-0.05, 0) is 33.5 Å². The predicted octanol–water partition coefficient (Wildman–Crippen LogP) is 4.67. The van der Waals surface area contributed by atoms with Crippen LogP contribution in [0.15, 0.2) is 73.0 Å². The normalized spacial score (nSPS) is 11.3. The first-order chi connectivity index (χ1) is 11.7. The van der Waals surface area contributed by atoms with E-state index in [2.05, 4.69) is 30.3 Å². The SMILES string of the molecule is COC=C(C(=O)OC)c1cccc2ccc(-c3ccccc3)cc12. The number of fused-ring (bicyclic) bond motifs is 1. The van der Waals surface area contributed by atoms with E-state index < -0.39 is 5.97 Å². The van der Waals surface area contributed by atoms with Gasteiger partial charge in [-0.1, -0.05) is 60.7 Å². The van der Waals surface area contributed by atoms with Crippen LogP contribution >= 0.6 is 0 Å². The number of hydrogen-bond donors (Lipinski definition) is 0. The van der Waals surface area contributed by atoms with Crippen LogP contribution in [0.3, 0.4) is 0 Å². The van der Waals surface area contributed by atoms with Gasteiger partial charge >= 0.3 is 5.97 Å². The van der Waals surface area contributed by atoms with Crippen molar-refractivity contribution in [1.82, 2.24) is 0 Å². The lowest BCUT2D eigenvalue weighted by atomic mass is 9.95. The highest BCUT2D eigenvalue weighted by Crippen LogP contribution is 2.30. The third-order valence-corrected chi connectivity index (χ3v) is 3.92. The summed E-state index contributed by atoms with van der Waals surface area (Å²) in [4.78, 5) is 12.1. The lowest BCUT2D eigenvalue weighted by molar-refractivity contribution is -0.133. The van der Waals surface area contributed by atoms with E-state index in [0.29, 0.717) is 5.57 Å². The number of benzene rings is 3. The average molecular weight is 318 g/mol. The summed E-state index contributed by atoms with van der Waals surface area (Å²) in [7, 11) is 2.88. The van der Waals surface area contributed by atoms with Crippen LogP contribution in [-0.4, -0.2) is 20.2 Å². The molecule has 0 heterocycles. The minimum absolute atomic E-state index is 0.399. The second-order valence-corrected chi connectivity index (χ2v) is 5.37. The Bertz CT molecular complexity index is 895. The van der Waals surface area contributed by atoms with Gasteiger partial charge in [0, 0.05) is 0 Å². The van der Waals surface area contributed by atoms with Crippen molar-refractivity contribution in [2.75, 3.05) is 14.2 Å². The second-order valence-electron chi connectivity index (χ2n) is 5.37. The summed E-state index contributed by atoms with van der Waals surface area (Å²) >= 11 is 0. The molecule has 0 unspecified atom stereocenters. The zero-order chi connectivity index (χ0) is 16.9. The predicted molar refractivity (Wildman–Crippen MR) is 96.4 cm³/mol. The molecule has 0 saturated carbocycles. The zero-order valence-corrected chi connectivity index (χ0v) is 13.7. The van der Waals surface area contributed by atoms with E-state index in [9.17, 15) is 4.79 Å². The molecule has 0 aliphatic rings. The Morgan fingerprint density at radius 3 is 2.38 bits per heavy atom. The van der Waals surface area contributed by atoms with Crippen molar-refractivity contribution in [3.63, 3.8) is 0 Å². The smallest absolute Gasteiger partial charge is 0.341 e. The van der Waals surface area contributed by atoms with Crippen molar-refractivity contribution in [3.8, 4) is 11.1 Å². The van der Waals surface area contributed by atoms with Gasteiger partial charge in [0.1, 0.15) is 5.57 Å². The van der Waals surface area contributed by atoms with Crippen molar-refractivity contribution in [2.45, 2.75) is 0 Å². The molecule has 0 saturated heterocycles. The molecule has 3 aromatic carbocycles. The molecule has 0 aromatic heterocycles.